The summed E-state index contributed by atoms with van der Waals surface area (Å²) < 4.78 is 5.28. The van der Waals surface area contributed by atoms with Gasteiger partial charge in [-0.1, -0.05) is 35.3 Å². The zero-order valence-corrected chi connectivity index (χ0v) is 14.8. The van der Waals surface area contributed by atoms with E-state index in [0.717, 1.165) is 48.2 Å². The number of carbonyl (C=O) groups excluding carboxylic acids is 1. The third-order valence-electron chi connectivity index (χ3n) is 5.09. The molecule has 2 aliphatic rings. The van der Waals surface area contributed by atoms with Gasteiger partial charge in [-0.3, -0.25) is 4.90 Å². The van der Waals surface area contributed by atoms with E-state index in [4.69, 9.17) is 27.9 Å². The Hall–Kier alpha value is -1.55. The molecule has 0 radical (unpaired) electrons. The number of likely N-dealkylation sites (tertiary alicyclic amines) is 1. The van der Waals surface area contributed by atoms with Crippen molar-refractivity contribution in [3.8, 4) is 11.1 Å². The monoisotopic (exact) mass is 361 g/mol. The van der Waals surface area contributed by atoms with Gasteiger partial charge in [0.1, 0.15) is 0 Å². The van der Waals surface area contributed by atoms with Crippen molar-refractivity contribution in [1.82, 2.24) is 4.90 Å². The summed E-state index contributed by atoms with van der Waals surface area (Å²) in [6, 6.07) is 11.4. The predicted octanol–water partition coefficient (Wildman–Crippen LogP) is 4.49. The van der Waals surface area contributed by atoms with Gasteiger partial charge in [-0.05, 0) is 72.5 Å². The molecule has 24 heavy (non-hydrogen) atoms. The summed E-state index contributed by atoms with van der Waals surface area (Å²) in [7, 11) is 1.44. The molecule has 3 nitrogen and oxygen atoms in total. The van der Waals surface area contributed by atoms with Gasteiger partial charge in [0.2, 0.25) is 0 Å². The van der Waals surface area contributed by atoms with Crippen molar-refractivity contribution in [3.05, 3.63) is 57.6 Å². The van der Waals surface area contributed by atoms with E-state index in [1.165, 1.54) is 7.11 Å². The van der Waals surface area contributed by atoms with Crippen LogP contribution in [0.5, 0.6) is 0 Å². The van der Waals surface area contributed by atoms with Crippen LogP contribution >= 0.6 is 23.2 Å². The number of fused-ring (bicyclic) bond motifs is 3. The van der Waals surface area contributed by atoms with Gasteiger partial charge in [-0.25, -0.2) is 4.79 Å². The van der Waals surface area contributed by atoms with Crippen LogP contribution in [0.15, 0.2) is 36.4 Å². The van der Waals surface area contributed by atoms with Gasteiger partial charge >= 0.3 is 5.97 Å². The Morgan fingerprint density at radius 3 is 1.96 bits per heavy atom. The first-order valence-electron chi connectivity index (χ1n) is 8.03. The summed E-state index contributed by atoms with van der Waals surface area (Å²) in [6.07, 6.45) is 2.12. The van der Waals surface area contributed by atoms with Crippen LogP contribution in [0.4, 0.5) is 0 Å². The Morgan fingerprint density at radius 2 is 1.50 bits per heavy atom. The predicted molar refractivity (Wildman–Crippen MR) is 95.5 cm³/mol. The molecule has 0 spiro atoms. The van der Waals surface area contributed by atoms with E-state index in [2.05, 4.69) is 4.90 Å². The van der Waals surface area contributed by atoms with Crippen LogP contribution in [-0.2, 0) is 15.1 Å². The second-order valence-corrected chi connectivity index (χ2v) is 7.15. The highest BCUT2D eigenvalue weighted by atomic mass is 35.5. The lowest BCUT2D eigenvalue weighted by atomic mass is 9.85. The molecule has 2 aromatic carbocycles. The minimum Gasteiger partial charge on any atom is -0.467 e. The SMILES string of the molecule is COC(=O)C1(N2CCCC2)c2cc(Cl)ccc2-c2ccc(Cl)cc21. The zero-order chi connectivity index (χ0) is 16.9. The van der Waals surface area contributed by atoms with E-state index in [1.54, 1.807) is 0 Å². The first-order chi connectivity index (χ1) is 11.6. The number of esters is 1. The number of hydrogen-bond acceptors (Lipinski definition) is 3. The molecular weight excluding hydrogens is 345 g/mol. The van der Waals surface area contributed by atoms with Gasteiger partial charge < -0.3 is 4.74 Å². The van der Waals surface area contributed by atoms with E-state index in [0.29, 0.717) is 10.0 Å². The van der Waals surface area contributed by atoms with Crippen LogP contribution in [-0.4, -0.2) is 31.1 Å². The first-order valence-corrected chi connectivity index (χ1v) is 8.78. The molecule has 0 unspecified atom stereocenters. The van der Waals surface area contributed by atoms with Crippen LogP contribution in [0, 0.1) is 0 Å². The van der Waals surface area contributed by atoms with Crippen molar-refractivity contribution < 1.29 is 9.53 Å². The van der Waals surface area contributed by atoms with E-state index in [9.17, 15) is 4.79 Å². The number of carbonyl (C=O) groups is 1. The quantitative estimate of drug-likeness (QED) is 0.738. The van der Waals surface area contributed by atoms with E-state index >= 15 is 0 Å². The molecule has 1 aliphatic heterocycles. The van der Waals surface area contributed by atoms with Crippen LogP contribution < -0.4 is 0 Å². The molecule has 1 fully saturated rings. The van der Waals surface area contributed by atoms with Gasteiger partial charge in [0.15, 0.2) is 5.54 Å². The fraction of sp³-hybridized carbons (Fsp3) is 0.316. The first kappa shape index (κ1) is 15.9. The lowest BCUT2D eigenvalue weighted by molar-refractivity contribution is -0.152. The van der Waals surface area contributed by atoms with Crippen LogP contribution in [0.3, 0.4) is 0 Å². The molecule has 4 rings (SSSR count). The Bertz CT molecular complexity index is 777. The van der Waals surface area contributed by atoms with Gasteiger partial charge in [0, 0.05) is 10.0 Å². The van der Waals surface area contributed by atoms with E-state index in [-0.39, 0.29) is 5.97 Å². The Balaban J connectivity index is 2.09. The molecule has 1 aliphatic carbocycles. The van der Waals surface area contributed by atoms with Gasteiger partial charge in [-0.2, -0.15) is 0 Å². The fourth-order valence-corrected chi connectivity index (χ4v) is 4.48. The van der Waals surface area contributed by atoms with Crippen molar-refractivity contribution in [2.75, 3.05) is 20.2 Å². The van der Waals surface area contributed by atoms with E-state index < -0.39 is 5.54 Å². The molecule has 0 saturated carbocycles. The van der Waals surface area contributed by atoms with Gasteiger partial charge in [0.25, 0.3) is 0 Å². The maximum atomic E-state index is 13.1. The average Bonchev–Trinajstić information content (AvgIpc) is 3.18. The van der Waals surface area contributed by atoms with Gasteiger partial charge in [-0.15, -0.1) is 0 Å². The number of halogens is 2. The van der Waals surface area contributed by atoms with Gasteiger partial charge in [0.05, 0.1) is 7.11 Å². The highest BCUT2D eigenvalue weighted by Gasteiger charge is 2.55. The Kier molecular flexibility index (Phi) is 3.83. The second-order valence-electron chi connectivity index (χ2n) is 6.28. The number of hydrogen-bond donors (Lipinski definition) is 0. The number of methoxy groups -OCH3 is 1. The van der Waals surface area contributed by atoms with Crippen LogP contribution in [0.25, 0.3) is 11.1 Å². The average molecular weight is 362 g/mol. The maximum absolute atomic E-state index is 13.1. The summed E-state index contributed by atoms with van der Waals surface area (Å²) in [5.41, 5.74) is 2.85. The number of nitrogens with zero attached hydrogens (tertiary/aromatic N) is 1. The molecule has 1 heterocycles. The largest absolute Gasteiger partial charge is 0.467 e. The van der Waals surface area contributed by atoms with E-state index in [1.807, 2.05) is 36.4 Å². The molecular formula is C19H17Cl2NO2. The smallest absolute Gasteiger partial charge is 0.335 e. The number of ether oxygens (including phenoxy) is 1. The summed E-state index contributed by atoms with van der Waals surface area (Å²) in [6.45, 7) is 1.68. The third kappa shape index (κ3) is 2.05. The summed E-state index contributed by atoms with van der Waals surface area (Å²) in [5, 5.41) is 1.22. The number of rotatable bonds is 2. The highest BCUT2D eigenvalue weighted by molar-refractivity contribution is 6.31. The number of benzene rings is 2. The normalized spacial score (nSPS) is 18.3. The fourth-order valence-electron chi connectivity index (χ4n) is 4.14. The Labute approximate surface area is 151 Å². The lowest BCUT2D eigenvalue weighted by Crippen LogP contribution is -2.51. The summed E-state index contributed by atoms with van der Waals surface area (Å²) in [4.78, 5) is 15.3. The second kappa shape index (κ2) is 5.76. The molecule has 0 atom stereocenters. The molecule has 0 bridgehead atoms. The molecule has 5 heteroatoms. The van der Waals surface area contributed by atoms with Crippen molar-refractivity contribution >= 4 is 29.2 Å². The van der Waals surface area contributed by atoms with Crippen molar-refractivity contribution in [3.63, 3.8) is 0 Å². The minimum absolute atomic E-state index is 0.283. The molecule has 0 amide bonds. The lowest BCUT2D eigenvalue weighted by Gasteiger charge is -2.37. The standard InChI is InChI=1S/C19H17Cl2NO2/c1-24-18(23)19(22-8-2-3-9-22)16-10-12(20)4-6-14(16)15-7-5-13(21)11-17(15)19/h4-7,10-11H,2-3,8-9H2,1H3. The molecule has 0 aromatic heterocycles. The molecule has 2 aromatic rings. The van der Waals surface area contributed by atoms with Crippen LogP contribution in [0.1, 0.15) is 24.0 Å². The van der Waals surface area contributed by atoms with Crippen molar-refractivity contribution in [2.45, 2.75) is 18.4 Å². The topological polar surface area (TPSA) is 29.5 Å². The highest BCUT2D eigenvalue weighted by Crippen LogP contribution is 2.53. The summed E-state index contributed by atoms with van der Waals surface area (Å²) >= 11 is 12.6. The third-order valence-corrected chi connectivity index (χ3v) is 5.56. The zero-order valence-electron chi connectivity index (χ0n) is 13.3. The molecule has 1 saturated heterocycles. The van der Waals surface area contributed by atoms with Crippen LogP contribution in [0.2, 0.25) is 10.0 Å². The maximum Gasteiger partial charge on any atom is 0.335 e. The van der Waals surface area contributed by atoms with Crippen molar-refractivity contribution in [2.24, 2.45) is 0 Å². The molecule has 0 N–H and O–H groups in total. The minimum atomic E-state index is -0.967. The summed E-state index contributed by atoms with van der Waals surface area (Å²) in [5.74, 6) is -0.283. The Morgan fingerprint density at radius 1 is 1.00 bits per heavy atom. The van der Waals surface area contributed by atoms with Crippen molar-refractivity contribution in [1.29, 1.82) is 0 Å². The molecule has 124 valence electrons.